The summed E-state index contributed by atoms with van der Waals surface area (Å²) >= 11 is 0. The summed E-state index contributed by atoms with van der Waals surface area (Å²) in [5, 5.41) is 10.6. The van der Waals surface area contributed by atoms with Gasteiger partial charge in [0.25, 0.3) is 0 Å². The first-order valence-electron chi connectivity index (χ1n) is 8.34. The van der Waals surface area contributed by atoms with Crippen molar-refractivity contribution in [3.05, 3.63) is 35.5 Å². The van der Waals surface area contributed by atoms with E-state index in [0.717, 1.165) is 19.4 Å². The van der Waals surface area contributed by atoms with Crippen molar-refractivity contribution in [3.8, 4) is 0 Å². The molecule has 1 aliphatic carbocycles. The summed E-state index contributed by atoms with van der Waals surface area (Å²) in [6, 6.07) is 7.30. The zero-order valence-electron chi connectivity index (χ0n) is 13.1. The average molecular weight is 299 g/mol. The van der Waals surface area contributed by atoms with E-state index in [4.69, 9.17) is 5.73 Å². The van der Waals surface area contributed by atoms with E-state index in [2.05, 4.69) is 41.3 Å². The Morgan fingerprint density at radius 1 is 1.45 bits per heavy atom. The van der Waals surface area contributed by atoms with E-state index in [-0.39, 0.29) is 12.6 Å². The maximum absolute atomic E-state index is 9.19. The van der Waals surface area contributed by atoms with Crippen LogP contribution in [0.5, 0.6) is 0 Å². The average Bonchev–Trinajstić information content (AvgIpc) is 2.93. The monoisotopic (exact) mass is 299 g/mol. The van der Waals surface area contributed by atoms with Gasteiger partial charge in [-0.05, 0) is 49.4 Å². The number of aromatic nitrogens is 1. The fourth-order valence-electron chi connectivity index (χ4n) is 4.68. The number of rotatable bonds is 3. The molecule has 1 aliphatic heterocycles. The van der Waals surface area contributed by atoms with Gasteiger partial charge >= 0.3 is 0 Å². The van der Waals surface area contributed by atoms with Gasteiger partial charge in [-0.3, -0.25) is 0 Å². The van der Waals surface area contributed by atoms with Gasteiger partial charge in [0.15, 0.2) is 0 Å². The lowest BCUT2D eigenvalue weighted by Crippen LogP contribution is -2.52. The standard InChI is InChI=1S/C18H25N3O/c1-21-10-12(15(19)5-6-22)7-14-13-3-2-4-16-18(13)11(9-20-16)8-17(14)21/h2-4,9,12,14-15,17,20,22H,5-8,10,19H2,1H3/t12?,14-,15?,17-/m1/s1. The number of piperidine rings is 1. The maximum Gasteiger partial charge on any atom is 0.0459 e. The molecular formula is C18H25N3O. The molecule has 0 bridgehead atoms. The maximum atomic E-state index is 9.19. The smallest absolute Gasteiger partial charge is 0.0459 e. The van der Waals surface area contributed by atoms with E-state index in [9.17, 15) is 5.11 Å². The van der Waals surface area contributed by atoms with Gasteiger partial charge in [-0.1, -0.05) is 12.1 Å². The second-order valence-corrected chi connectivity index (χ2v) is 7.07. The minimum Gasteiger partial charge on any atom is -0.396 e. The number of likely N-dealkylation sites (N-methyl/N-ethyl adjacent to an activating group) is 1. The van der Waals surface area contributed by atoms with Gasteiger partial charge in [0, 0.05) is 48.3 Å². The van der Waals surface area contributed by atoms with Gasteiger partial charge in [0.05, 0.1) is 0 Å². The fourth-order valence-corrected chi connectivity index (χ4v) is 4.68. The van der Waals surface area contributed by atoms with Crippen LogP contribution >= 0.6 is 0 Å². The summed E-state index contributed by atoms with van der Waals surface area (Å²) in [4.78, 5) is 5.91. The molecule has 4 atom stereocenters. The summed E-state index contributed by atoms with van der Waals surface area (Å²) in [6.45, 7) is 1.23. The molecule has 118 valence electrons. The minimum atomic E-state index is 0.0974. The summed E-state index contributed by atoms with van der Waals surface area (Å²) in [5.41, 5.74) is 10.5. The van der Waals surface area contributed by atoms with Gasteiger partial charge in [-0.25, -0.2) is 0 Å². The van der Waals surface area contributed by atoms with Crippen molar-refractivity contribution in [2.75, 3.05) is 20.2 Å². The van der Waals surface area contributed by atoms with Crippen LogP contribution in [-0.2, 0) is 6.42 Å². The topological polar surface area (TPSA) is 65.3 Å². The number of aliphatic hydroxyl groups is 1. The van der Waals surface area contributed by atoms with Crippen LogP contribution in [0.2, 0.25) is 0 Å². The Hall–Kier alpha value is -1.36. The van der Waals surface area contributed by atoms with Crippen LogP contribution in [-0.4, -0.2) is 47.3 Å². The molecule has 2 aromatic rings. The highest BCUT2D eigenvalue weighted by atomic mass is 16.3. The summed E-state index contributed by atoms with van der Waals surface area (Å²) < 4.78 is 0. The first-order valence-corrected chi connectivity index (χ1v) is 8.34. The molecule has 0 radical (unpaired) electrons. The Labute approximate surface area is 131 Å². The summed E-state index contributed by atoms with van der Waals surface area (Å²) in [7, 11) is 2.23. The van der Waals surface area contributed by atoms with E-state index in [1.165, 1.54) is 22.0 Å². The molecule has 1 saturated heterocycles. The summed E-state index contributed by atoms with van der Waals surface area (Å²) in [5.74, 6) is 1.02. The van der Waals surface area contributed by atoms with Crippen molar-refractivity contribution < 1.29 is 5.11 Å². The van der Waals surface area contributed by atoms with Crippen LogP contribution in [0.15, 0.2) is 24.4 Å². The molecule has 2 aliphatic rings. The van der Waals surface area contributed by atoms with Gasteiger partial charge in [0.1, 0.15) is 0 Å². The van der Waals surface area contributed by atoms with E-state index in [1.807, 2.05) is 0 Å². The number of fused-ring (bicyclic) bond motifs is 2. The molecule has 22 heavy (non-hydrogen) atoms. The third kappa shape index (κ3) is 2.09. The third-order valence-electron chi connectivity index (χ3n) is 5.83. The van der Waals surface area contributed by atoms with Crippen molar-refractivity contribution >= 4 is 10.9 Å². The molecule has 2 unspecified atom stereocenters. The molecule has 1 fully saturated rings. The van der Waals surface area contributed by atoms with Crippen LogP contribution in [0.4, 0.5) is 0 Å². The van der Waals surface area contributed by atoms with E-state index < -0.39 is 0 Å². The van der Waals surface area contributed by atoms with Crippen LogP contribution in [0.3, 0.4) is 0 Å². The van der Waals surface area contributed by atoms with Crippen molar-refractivity contribution in [3.63, 3.8) is 0 Å². The van der Waals surface area contributed by atoms with Crippen molar-refractivity contribution in [1.82, 2.24) is 9.88 Å². The second kappa shape index (κ2) is 5.37. The first-order chi connectivity index (χ1) is 10.7. The highest BCUT2D eigenvalue weighted by Crippen LogP contribution is 2.44. The molecule has 2 heterocycles. The number of benzene rings is 1. The molecule has 4 heteroatoms. The van der Waals surface area contributed by atoms with Crippen molar-refractivity contribution in [1.29, 1.82) is 0 Å². The lowest BCUT2D eigenvalue weighted by Gasteiger charge is -2.47. The number of H-pyrrole nitrogens is 1. The quantitative estimate of drug-likeness (QED) is 0.810. The Kier molecular flexibility index (Phi) is 3.48. The molecule has 1 aromatic carbocycles. The van der Waals surface area contributed by atoms with Crippen LogP contribution in [0, 0.1) is 5.92 Å². The largest absolute Gasteiger partial charge is 0.396 e. The van der Waals surface area contributed by atoms with Crippen LogP contribution in [0.25, 0.3) is 10.9 Å². The predicted octanol–water partition coefficient (Wildman–Crippen LogP) is 1.84. The molecule has 0 amide bonds. The number of hydrogen-bond donors (Lipinski definition) is 3. The number of nitrogens with two attached hydrogens (primary N) is 1. The highest BCUT2D eigenvalue weighted by Gasteiger charge is 2.40. The molecule has 1 aromatic heterocycles. The highest BCUT2D eigenvalue weighted by molar-refractivity contribution is 5.88. The fraction of sp³-hybridized carbons (Fsp3) is 0.556. The number of nitrogens with one attached hydrogen (secondary N) is 1. The van der Waals surface area contributed by atoms with E-state index in [0.29, 0.717) is 24.3 Å². The lowest BCUT2D eigenvalue weighted by molar-refractivity contribution is 0.0934. The SMILES string of the molecule is CN1CC(C(N)CCO)C[C@@H]2c3cccc4[nH]cc(c34)C[C@H]21. The number of hydrogen-bond acceptors (Lipinski definition) is 3. The molecule has 4 rings (SSSR count). The van der Waals surface area contributed by atoms with Crippen molar-refractivity contribution in [2.24, 2.45) is 11.7 Å². The zero-order valence-corrected chi connectivity index (χ0v) is 13.1. The molecule has 4 nitrogen and oxygen atoms in total. The summed E-state index contributed by atoms with van der Waals surface area (Å²) in [6.07, 6.45) is 5.15. The van der Waals surface area contributed by atoms with Crippen molar-refractivity contribution in [2.45, 2.75) is 37.3 Å². The number of nitrogens with zero attached hydrogens (tertiary/aromatic N) is 1. The number of likely N-dealkylation sites (tertiary alicyclic amines) is 1. The molecular weight excluding hydrogens is 274 g/mol. The first kappa shape index (κ1) is 14.2. The molecule has 4 N–H and O–H groups in total. The van der Waals surface area contributed by atoms with Gasteiger partial charge in [-0.2, -0.15) is 0 Å². The normalized spacial score (nSPS) is 29.5. The Morgan fingerprint density at radius 3 is 3.14 bits per heavy atom. The number of aromatic amines is 1. The number of aliphatic hydroxyl groups excluding tert-OH is 1. The predicted molar refractivity (Wildman–Crippen MR) is 88.9 cm³/mol. The van der Waals surface area contributed by atoms with Gasteiger partial charge in [0.2, 0.25) is 0 Å². The minimum absolute atomic E-state index is 0.0974. The Morgan fingerprint density at radius 2 is 2.32 bits per heavy atom. The Balaban J connectivity index is 1.72. The molecule has 0 saturated carbocycles. The van der Waals surface area contributed by atoms with E-state index >= 15 is 0 Å². The lowest BCUT2D eigenvalue weighted by atomic mass is 9.71. The van der Waals surface area contributed by atoms with Crippen LogP contribution < -0.4 is 5.73 Å². The second-order valence-electron chi connectivity index (χ2n) is 7.07. The van der Waals surface area contributed by atoms with Gasteiger partial charge in [-0.15, -0.1) is 0 Å². The van der Waals surface area contributed by atoms with Gasteiger partial charge < -0.3 is 20.7 Å². The Bertz CT molecular complexity index is 680. The molecule has 0 spiro atoms. The third-order valence-corrected chi connectivity index (χ3v) is 5.83. The van der Waals surface area contributed by atoms with E-state index in [1.54, 1.807) is 0 Å². The zero-order chi connectivity index (χ0) is 15.3. The van der Waals surface area contributed by atoms with Crippen LogP contribution in [0.1, 0.15) is 29.9 Å².